The third kappa shape index (κ3) is 1.75. The van der Waals surface area contributed by atoms with E-state index in [0.29, 0.717) is 0 Å². The number of carbonyl (C=O) groups is 2. The molecule has 0 spiro atoms. The largest absolute Gasteiger partial charge is 0.389 e. The molecule has 5 heteroatoms. The van der Waals surface area contributed by atoms with Crippen LogP contribution in [0, 0.1) is 0 Å². The van der Waals surface area contributed by atoms with E-state index in [0.717, 1.165) is 0 Å². The van der Waals surface area contributed by atoms with Gasteiger partial charge in [-0.1, -0.05) is 0 Å². The number of cyclic esters (lactones) is 2. The van der Waals surface area contributed by atoms with Crippen LogP contribution in [0.15, 0.2) is 0 Å². The van der Waals surface area contributed by atoms with Crippen LogP contribution in [0.5, 0.6) is 0 Å². The Morgan fingerprint density at radius 3 is 1.82 bits per heavy atom. The molecular formula is C6H8O5. The molecule has 1 rings (SSSR count). The lowest BCUT2D eigenvalue weighted by atomic mass is 10.1. The topological polar surface area (TPSA) is 83.8 Å². The second kappa shape index (κ2) is 2.98. The Labute approximate surface area is 62.6 Å². The summed E-state index contributed by atoms with van der Waals surface area (Å²) >= 11 is 0. The van der Waals surface area contributed by atoms with Crippen molar-refractivity contribution in [1.29, 1.82) is 0 Å². The Balaban J connectivity index is 2.66. The third-order valence-corrected chi connectivity index (χ3v) is 1.46. The molecule has 1 aliphatic heterocycles. The highest BCUT2D eigenvalue weighted by Crippen LogP contribution is 2.10. The number of hydrogen-bond donors (Lipinski definition) is 2. The normalized spacial score (nSPS) is 32.9. The van der Waals surface area contributed by atoms with Gasteiger partial charge in [0, 0.05) is 0 Å². The van der Waals surface area contributed by atoms with Crippen LogP contribution in [0.4, 0.5) is 0 Å². The van der Waals surface area contributed by atoms with Crippen molar-refractivity contribution < 1.29 is 24.5 Å². The Morgan fingerprint density at radius 1 is 1.09 bits per heavy atom. The molecule has 0 aromatic heterocycles. The molecule has 0 aromatic rings. The van der Waals surface area contributed by atoms with Gasteiger partial charge in [0.15, 0.2) is 12.2 Å². The molecule has 1 heterocycles. The van der Waals surface area contributed by atoms with Crippen LogP contribution >= 0.6 is 0 Å². The maximum atomic E-state index is 10.6. The maximum absolute atomic E-state index is 10.6. The summed E-state index contributed by atoms with van der Waals surface area (Å²) in [5.74, 6) is -1.96. The lowest BCUT2D eigenvalue weighted by molar-refractivity contribution is -0.168. The maximum Gasteiger partial charge on any atom is 0.342 e. The van der Waals surface area contributed by atoms with Crippen molar-refractivity contribution >= 4 is 11.9 Å². The number of ether oxygens (including phenoxy) is 1. The first-order valence-electron chi connectivity index (χ1n) is 3.23. The summed E-state index contributed by atoms with van der Waals surface area (Å²) in [4.78, 5) is 21.1. The minimum atomic E-state index is -1.28. The van der Waals surface area contributed by atoms with Gasteiger partial charge in [0.1, 0.15) is 0 Å². The van der Waals surface area contributed by atoms with Crippen molar-refractivity contribution in [3.63, 3.8) is 0 Å². The highest BCUT2D eigenvalue weighted by Gasteiger charge is 2.30. The number of carbonyl (C=O) groups excluding carboxylic acids is 2. The van der Waals surface area contributed by atoms with E-state index in [2.05, 4.69) is 4.74 Å². The molecular weight excluding hydrogens is 152 g/mol. The monoisotopic (exact) mass is 160 g/mol. The molecule has 1 fully saturated rings. The second-order valence-electron chi connectivity index (χ2n) is 2.35. The number of hydrogen-bond acceptors (Lipinski definition) is 5. The fraction of sp³-hybridized carbons (Fsp3) is 0.667. The van der Waals surface area contributed by atoms with E-state index in [1.54, 1.807) is 0 Å². The molecule has 1 aliphatic rings. The van der Waals surface area contributed by atoms with Crippen molar-refractivity contribution in [3.8, 4) is 0 Å². The number of rotatable bonds is 0. The summed E-state index contributed by atoms with van der Waals surface area (Å²) in [7, 11) is 0. The van der Waals surface area contributed by atoms with E-state index >= 15 is 0 Å². The van der Waals surface area contributed by atoms with E-state index in [-0.39, 0.29) is 12.8 Å². The van der Waals surface area contributed by atoms with Gasteiger partial charge in [-0.05, 0) is 12.8 Å². The van der Waals surface area contributed by atoms with Crippen molar-refractivity contribution in [1.82, 2.24) is 0 Å². The van der Waals surface area contributed by atoms with E-state index in [9.17, 15) is 9.59 Å². The lowest BCUT2D eigenvalue weighted by Crippen LogP contribution is -2.24. The van der Waals surface area contributed by atoms with Gasteiger partial charge < -0.3 is 14.9 Å². The van der Waals surface area contributed by atoms with Gasteiger partial charge in [-0.15, -0.1) is 0 Å². The molecule has 2 unspecified atom stereocenters. The molecule has 0 amide bonds. The van der Waals surface area contributed by atoms with Crippen LogP contribution in [0.1, 0.15) is 12.8 Å². The summed E-state index contributed by atoms with van der Waals surface area (Å²) in [5.41, 5.74) is 0. The molecule has 0 bridgehead atoms. The molecule has 0 radical (unpaired) electrons. The Bertz CT molecular complexity index is 167. The first-order chi connectivity index (χ1) is 5.11. The van der Waals surface area contributed by atoms with Crippen LogP contribution in [0.2, 0.25) is 0 Å². The second-order valence-corrected chi connectivity index (χ2v) is 2.35. The summed E-state index contributed by atoms with van der Waals surface area (Å²) in [6.07, 6.45) is -2.44. The summed E-state index contributed by atoms with van der Waals surface area (Å²) < 4.78 is 4.06. The van der Waals surface area contributed by atoms with Crippen LogP contribution in [-0.4, -0.2) is 34.4 Å². The van der Waals surface area contributed by atoms with Gasteiger partial charge in [-0.25, -0.2) is 9.59 Å². The van der Waals surface area contributed by atoms with Gasteiger partial charge in [0.25, 0.3) is 0 Å². The molecule has 5 nitrogen and oxygen atoms in total. The first-order valence-corrected chi connectivity index (χ1v) is 3.23. The van der Waals surface area contributed by atoms with Crippen molar-refractivity contribution in [2.45, 2.75) is 25.0 Å². The van der Waals surface area contributed by atoms with Gasteiger partial charge >= 0.3 is 11.9 Å². The summed E-state index contributed by atoms with van der Waals surface area (Å²) in [6, 6.07) is 0. The molecule has 2 N–H and O–H groups in total. The number of aliphatic hydroxyl groups is 2. The number of aliphatic hydroxyl groups excluding tert-OH is 2. The smallest absolute Gasteiger partial charge is 0.342 e. The quantitative estimate of drug-likeness (QED) is 0.335. The minimum Gasteiger partial charge on any atom is -0.389 e. The Kier molecular flexibility index (Phi) is 2.21. The van der Waals surface area contributed by atoms with Crippen molar-refractivity contribution in [3.05, 3.63) is 0 Å². The van der Waals surface area contributed by atoms with E-state index in [1.165, 1.54) is 0 Å². The average Bonchev–Trinajstić information content (AvgIpc) is 2.05. The van der Waals surface area contributed by atoms with Crippen molar-refractivity contribution in [2.75, 3.05) is 0 Å². The van der Waals surface area contributed by atoms with Crippen molar-refractivity contribution in [2.24, 2.45) is 0 Å². The number of esters is 2. The highest BCUT2D eigenvalue weighted by molar-refractivity contribution is 5.90. The zero-order valence-corrected chi connectivity index (χ0v) is 5.69. The van der Waals surface area contributed by atoms with Crippen LogP contribution in [0.25, 0.3) is 0 Å². The van der Waals surface area contributed by atoms with Crippen LogP contribution in [0.3, 0.4) is 0 Å². The fourth-order valence-corrected chi connectivity index (χ4v) is 0.787. The molecule has 62 valence electrons. The standard InChI is InChI=1S/C6H8O5/c7-3-1-2-4(8)6(10)11-5(3)9/h3-4,7-8H,1-2H2. The minimum absolute atomic E-state index is 0.0613. The molecule has 1 saturated heterocycles. The van der Waals surface area contributed by atoms with E-state index < -0.39 is 24.1 Å². The molecule has 0 aromatic carbocycles. The molecule has 11 heavy (non-hydrogen) atoms. The average molecular weight is 160 g/mol. The first kappa shape index (κ1) is 8.16. The Morgan fingerprint density at radius 2 is 1.45 bits per heavy atom. The highest BCUT2D eigenvalue weighted by atomic mass is 16.6. The van der Waals surface area contributed by atoms with E-state index in [1.807, 2.05) is 0 Å². The Hall–Kier alpha value is -0.940. The predicted octanol–water partition coefficient (Wildman–Crippen LogP) is -1.43. The lowest BCUT2D eigenvalue weighted by Gasteiger charge is -2.01. The van der Waals surface area contributed by atoms with Crippen LogP contribution < -0.4 is 0 Å². The molecule has 0 aliphatic carbocycles. The molecule has 2 atom stereocenters. The SMILES string of the molecule is O=C1OC(=O)C(O)CCC1O. The summed E-state index contributed by atoms with van der Waals surface area (Å²) in [5, 5.41) is 17.7. The molecule has 0 saturated carbocycles. The zero-order chi connectivity index (χ0) is 8.43. The van der Waals surface area contributed by atoms with Gasteiger partial charge in [-0.2, -0.15) is 0 Å². The third-order valence-electron chi connectivity index (χ3n) is 1.46. The summed E-state index contributed by atoms with van der Waals surface area (Å²) in [6.45, 7) is 0. The fourth-order valence-electron chi connectivity index (χ4n) is 0.787. The van der Waals surface area contributed by atoms with Crippen LogP contribution in [-0.2, 0) is 14.3 Å². The zero-order valence-electron chi connectivity index (χ0n) is 5.69. The van der Waals surface area contributed by atoms with Gasteiger partial charge in [-0.3, -0.25) is 0 Å². The van der Waals surface area contributed by atoms with E-state index in [4.69, 9.17) is 10.2 Å². The van der Waals surface area contributed by atoms with Gasteiger partial charge in [0.05, 0.1) is 0 Å². The predicted molar refractivity (Wildman–Crippen MR) is 32.3 cm³/mol. The van der Waals surface area contributed by atoms with Gasteiger partial charge in [0.2, 0.25) is 0 Å².